The van der Waals surface area contributed by atoms with Crippen molar-refractivity contribution in [2.45, 2.75) is 6.42 Å². The molecule has 0 bridgehead atoms. The third kappa shape index (κ3) is 2.58. The van der Waals surface area contributed by atoms with Crippen molar-refractivity contribution in [1.29, 1.82) is 0 Å². The summed E-state index contributed by atoms with van der Waals surface area (Å²) >= 11 is 0. The molecule has 0 atom stereocenters. The van der Waals surface area contributed by atoms with Crippen LogP contribution in [0.2, 0.25) is 0 Å². The van der Waals surface area contributed by atoms with Gasteiger partial charge in [0.2, 0.25) is 17.8 Å². The van der Waals surface area contributed by atoms with E-state index in [0.717, 1.165) is 13.0 Å². The molecular weight excluding hydrogens is 236 g/mol. The first-order chi connectivity index (χ1) is 8.60. The van der Waals surface area contributed by atoms with Gasteiger partial charge in [0.1, 0.15) is 0 Å². The van der Waals surface area contributed by atoms with Crippen molar-refractivity contribution in [1.82, 2.24) is 19.9 Å². The van der Waals surface area contributed by atoms with Gasteiger partial charge >= 0.3 is 6.01 Å². The van der Waals surface area contributed by atoms with Crippen molar-refractivity contribution < 1.29 is 9.53 Å². The minimum Gasteiger partial charge on any atom is -0.467 e. The maximum absolute atomic E-state index is 11.8. The van der Waals surface area contributed by atoms with Crippen LogP contribution in [0.3, 0.4) is 0 Å². The van der Waals surface area contributed by atoms with Crippen LogP contribution >= 0.6 is 0 Å². The van der Waals surface area contributed by atoms with E-state index in [2.05, 4.69) is 15.0 Å². The highest BCUT2D eigenvalue weighted by Crippen LogP contribution is 2.15. The lowest BCUT2D eigenvalue weighted by Crippen LogP contribution is -2.35. The van der Waals surface area contributed by atoms with E-state index in [1.807, 2.05) is 0 Å². The van der Waals surface area contributed by atoms with Gasteiger partial charge in [-0.25, -0.2) is 0 Å². The highest BCUT2D eigenvalue weighted by atomic mass is 16.5. The standard InChI is InChI=1S/C10H16N6O2/c1-15-4-3-5-16(6-7(15)17)9-12-8(11)13-10(14-9)18-2/h3-6H2,1-2H3,(H2,11,12,13,14). The first kappa shape index (κ1) is 12.3. The number of rotatable bonds is 2. The number of anilines is 2. The van der Waals surface area contributed by atoms with E-state index in [1.165, 1.54) is 7.11 Å². The summed E-state index contributed by atoms with van der Waals surface area (Å²) in [5.74, 6) is 0.496. The number of nitrogens with zero attached hydrogens (tertiary/aromatic N) is 5. The molecule has 2 rings (SSSR count). The Morgan fingerprint density at radius 1 is 1.28 bits per heavy atom. The molecule has 0 spiro atoms. The lowest BCUT2D eigenvalue weighted by molar-refractivity contribution is -0.127. The molecule has 1 aliphatic rings. The molecule has 1 aliphatic heterocycles. The van der Waals surface area contributed by atoms with Gasteiger partial charge in [-0.3, -0.25) is 4.79 Å². The van der Waals surface area contributed by atoms with Crippen LogP contribution in [-0.4, -0.2) is 59.6 Å². The number of aromatic nitrogens is 3. The summed E-state index contributed by atoms with van der Waals surface area (Å²) in [5.41, 5.74) is 5.58. The quantitative estimate of drug-likeness (QED) is 0.730. The SMILES string of the molecule is COc1nc(N)nc(N2CCCN(C)C(=O)C2)n1. The topological polar surface area (TPSA) is 97.5 Å². The first-order valence-electron chi connectivity index (χ1n) is 5.64. The third-order valence-corrected chi connectivity index (χ3v) is 2.76. The lowest BCUT2D eigenvalue weighted by atomic mass is 10.4. The molecule has 0 aromatic carbocycles. The van der Waals surface area contributed by atoms with E-state index in [4.69, 9.17) is 10.5 Å². The van der Waals surface area contributed by atoms with E-state index < -0.39 is 0 Å². The Kier molecular flexibility index (Phi) is 3.45. The maximum Gasteiger partial charge on any atom is 0.322 e. The molecule has 1 amide bonds. The van der Waals surface area contributed by atoms with Crippen molar-refractivity contribution in [2.75, 3.05) is 44.4 Å². The van der Waals surface area contributed by atoms with Gasteiger partial charge in [0.15, 0.2) is 0 Å². The molecule has 2 heterocycles. The number of nitrogens with two attached hydrogens (primary N) is 1. The van der Waals surface area contributed by atoms with Crippen LogP contribution in [0.1, 0.15) is 6.42 Å². The van der Waals surface area contributed by atoms with Gasteiger partial charge in [-0.15, -0.1) is 0 Å². The molecule has 0 radical (unpaired) electrons. The second kappa shape index (κ2) is 5.03. The largest absolute Gasteiger partial charge is 0.467 e. The fourth-order valence-corrected chi connectivity index (χ4v) is 1.75. The van der Waals surface area contributed by atoms with Crippen LogP contribution in [0, 0.1) is 0 Å². The summed E-state index contributed by atoms with van der Waals surface area (Å²) in [6.45, 7) is 1.67. The van der Waals surface area contributed by atoms with Crippen LogP contribution in [0.4, 0.5) is 11.9 Å². The number of hydrogen-bond donors (Lipinski definition) is 1. The van der Waals surface area contributed by atoms with Crippen molar-refractivity contribution in [2.24, 2.45) is 0 Å². The number of likely N-dealkylation sites (N-methyl/N-ethyl adjacent to an activating group) is 1. The molecule has 8 nitrogen and oxygen atoms in total. The van der Waals surface area contributed by atoms with Gasteiger partial charge in [-0.1, -0.05) is 0 Å². The smallest absolute Gasteiger partial charge is 0.322 e. The molecule has 18 heavy (non-hydrogen) atoms. The number of ether oxygens (including phenoxy) is 1. The summed E-state index contributed by atoms with van der Waals surface area (Å²) in [7, 11) is 3.24. The Morgan fingerprint density at radius 2 is 2.06 bits per heavy atom. The summed E-state index contributed by atoms with van der Waals surface area (Å²) in [4.78, 5) is 27.2. The number of carbonyl (C=O) groups is 1. The minimum absolute atomic E-state index is 0.0328. The van der Waals surface area contributed by atoms with Crippen LogP contribution in [0.15, 0.2) is 0 Å². The van der Waals surface area contributed by atoms with E-state index in [0.29, 0.717) is 12.5 Å². The Morgan fingerprint density at radius 3 is 2.78 bits per heavy atom. The monoisotopic (exact) mass is 252 g/mol. The van der Waals surface area contributed by atoms with Crippen LogP contribution < -0.4 is 15.4 Å². The fourth-order valence-electron chi connectivity index (χ4n) is 1.75. The third-order valence-electron chi connectivity index (χ3n) is 2.76. The molecular formula is C10H16N6O2. The first-order valence-corrected chi connectivity index (χ1v) is 5.64. The Balaban J connectivity index is 2.24. The molecule has 1 saturated heterocycles. The van der Waals surface area contributed by atoms with Crippen LogP contribution in [0.25, 0.3) is 0 Å². The number of amides is 1. The second-order valence-electron chi connectivity index (χ2n) is 4.07. The maximum atomic E-state index is 11.8. The molecule has 98 valence electrons. The molecule has 8 heteroatoms. The Bertz CT molecular complexity index is 452. The fraction of sp³-hybridized carbons (Fsp3) is 0.600. The summed E-state index contributed by atoms with van der Waals surface area (Å²) < 4.78 is 4.94. The van der Waals surface area contributed by atoms with E-state index in [9.17, 15) is 4.79 Å². The molecule has 2 N–H and O–H groups in total. The number of methoxy groups -OCH3 is 1. The molecule has 0 saturated carbocycles. The predicted octanol–water partition coefficient (Wildman–Crippen LogP) is -0.869. The molecule has 1 fully saturated rings. The molecule has 1 aromatic heterocycles. The highest BCUT2D eigenvalue weighted by molar-refractivity contribution is 5.81. The van der Waals surface area contributed by atoms with Gasteiger partial charge in [-0.05, 0) is 6.42 Å². The van der Waals surface area contributed by atoms with E-state index >= 15 is 0 Å². The normalized spacial score (nSPS) is 16.7. The number of nitrogen functional groups attached to an aromatic ring is 1. The Labute approximate surface area is 105 Å². The minimum atomic E-state index is 0.0328. The predicted molar refractivity (Wildman–Crippen MR) is 65.3 cm³/mol. The zero-order valence-corrected chi connectivity index (χ0v) is 10.5. The van der Waals surface area contributed by atoms with Crippen LogP contribution in [0.5, 0.6) is 6.01 Å². The zero-order valence-electron chi connectivity index (χ0n) is 10.5. The highest BCUT2D eigenvalue weighted by Gasteiger charge is 2.21. The van der Waals surface area contributed by atoms with Crippen molar-refractivity contribution in [3.05, 3.63) is 0 Å². The number of hydrogen-bond acceptors (Lipinski definition) is 7. The van der Waals surface area contributed by atoms with Crippen molar-refractivity contribution >= 4 is 17.8 Å². The van der Waals surface area contributed by atoms with Gasteiger partial charge in [0, 0.05) is 20.1 Å². The second-order valence-corrected chi connectivity index (χ2v) is 4.07. The average Bonchev–Trinajstić information content (AvgIpc) is 2.51. The van der Waals surface area contributed by atoms with Gasteiger partial charge in [-0.2, -0.15) is 15.0 Å². The average molecular weight is 252 g/mol. The van der Waals surface area contributed by atoms with Crippen LogP contribution in [-0.2, 0) is 4.79 Å². The van der Waals surface area contributed by atoms with E-state index in [1.54, 1.807) is 16.8 Å². The summed E-state index contributed by atoms with van der Waals surface area (Å²) in [6.07, 6.45) is 0.857. The Hall–Kier alpha value is -2.12. The molecule has 1 aromatic rings. The van der Waals surface area contributed by atoms with Gasteiger partial charge in [0.25, 0.3) is 0 Å². The molecule has 0 aliphatic carbocycles. The lowest BCUT2D eigenvalue weighted by Gasteiger charge is -2.19. The van der Waals surface area contributed by atoms with Crippen molar-refractivity contribution in [3.8, 4) is 6.01 Å². The van der Waals surface area contributed by atoms with Gasteiger partial charge in [0.05, 0.1) is 13.7 Å². The van der Waals surface area contributed by atoms with Crippen molar-refractivity contribution in [3.63, 3.8) is 0 Å². The zero-order chi connectivity index (χ0) is 13.1. The number of carbonyl (C=O) groups excluding carboxylic acids is 1. The summed E-state index contributed by atoms with van der Waals surface area (Å²) in [5, 5.41) is 0. The van der Waals surface area contributed by atoms with E-state index in [-0.39, 0.29) is 24.4 Å². The van der Waals surface area contributed by atoms with Gasteiger partial charge < -0.3 is 20.3 Å². The molecule has 0 unspecified atom stereocenters. The summed E-state index contributed by atoms with van der Waals surface area (Å²) in [6, 6.07) is 0.155.